The van der Waals surface area contributed by atoms with Crippen molar-refractivity contribution >= 4 is 6.21 Å². The van der Waals surface area contributed by atoms with Crippen LogP contribution in [-0.2, 0) is 38.2 Å². The van der Waals surface area contributed by atoms with Gasteiger partial charge in [-0.05, 0) is 13.8 Å². The quantitative estimate of drug-likeness (QED) is 0.563. The molecule has 67 valence electrons. The number of rotatable bonds is 2. The second-order valence-corrected chi connectivity index (χ2v) is 3.17. The van der Waals surface area contributed by atoms with Gasteiger partial charge in [-0.25, -0.2) is 0 Å². The summed E-state index contributed by atoms with van der Waals surface area (Å²) in [6.45, 7) is 5.91. The predicted octanol–water partition coefficient (Wildman–Crippen LogP) is 2.69. The van der Waals surface area contributed by atoms with E-state index >= 15 is 0 Å². The third-order valence-electron chi connectivity index (χ3n) is 1.76. The zero-order chi connectivity index (χ0) is 9.03. The molecule has 0 spiro atoms. The van der Waals surface area contributed by atoms with Crippen molar-refractivity contribution in [1.82, 2.24) is 0 Å². The molecule has 2 heteroatoms. The van der Waals surface area contributed by atoms with Gasteiger partial charge < -0.3 is 11.2 Å². The summed E-state index contributed by atoms with van der Waals surface area (Å²) in [7, 11) is 0. The molecule has 0 unspecified atom stereocenters. The van der Waals surface area contributed by atoms with Gasteiger partial charge in [0, 0.05) is 38.2 Å². The van der Waals surface area contributed by atoms with E-state index in [4.69, 9.17) is 0 Å². The summed E-state index contributed by atoms with van der Waals surface area (Å²) in [5.74, 6) is 0. The third-order valence-corrected chi connectivity index (χ3v) is 1.76. The van der Waals surface area contributed by atoms with Crippen LogP contribution in [0.4, 0.5) is 0 Å². The van der Waals surface area contributed by atoms with Crippen molar-refractivity contribution in [3.8, 4) is 0 Å². The van der Waals surface area contributed by atoms with E-state index in [-0.39, 0.29) is 38.2 Å². The first-order valence-corrected chi connectivity index (χ1v) is 4.02. The number of aliphatic imine (C=N–C) groups is 1. The zero-order valence-corrected chi connectivity index (χ0v) is 11.2. The van der Waals surface area contributed by atoms with Gasteiger partial charge in [0.05, 0.1) is 0 Å². The van der Waals surface area contributed by atoms with E-state index in [9.17, 15) is 0 Å². The molecular weight excluding hydrogens is 235 g/mol. The summed E-state index contributed by atoms with van der Waals surface area (Å²) < 4.78 is 0. The summed E-state index contributed by atoms with van der Waals surface area (Å²) in [5.41, 5.74) is 0.898. The Hall–Kier alpha value is -0.00610. The molecule has 0 saturated heterocycles. The van der Waals surface area contributed by atoms with E-state index in [1.807, 2.05) is 31.2 Å². The molecule has 0 aromatic heterocycles. The third kappa shape index (κ3) is 3.70. The molecular formula is C11H13NY-2. The molecule has 1 aromatic carbocycles. The molecule has 0 bridgehead atoms. The maximum atomic E-state index is 4.25. The standard InChI is InChI=1S/C11H13N.Y/c1-4-12-11(2,3)10-8-6-5-7-9-10;/h5-8H,1-3H3;/q-2;. The molecule has 1 nitrogen and oxygen atoms in total. The van der Waals surface area contributed by atoms with Gasteiger partial charge in [-0.1, -0.05) is 0 Å². The van der Waals surface area contributed by atoms with Crippen molar-refractivity contribution < 1.29 is 32.7 Å². The van der Waals surface area contributed by atoms with Crippen LogP contribution < -0.4 is 0 Å². The molecule has 0 aliphatic carbocycles. The molecule has 1 rings (SSSR count). The summed E-state index contributed by atoms with van der Waals surface area (Å²) in [5, 5.41) is 0. The van der Waals surface area contributed by atoms with Crippen LogP contribution in [0, 0.1) is 6.07 Å². The average Bonchev–Trinajstić information content (AvgIpc) is 2.06. The Bertz CT molecular complexity index is 265. The Kier molecular flexibility index (Phi) is 5.66. The summed E-state index contributed by atoms with van der Waals surface area (Å²) in [4.78, 5) is 4.25. The molecule has 1 aromatic rings. The van der Waals surface area contributed by atoms with Gasteiger partial charge in [-0.2, -0.15) is 37.3 Å². The van der Waals surface area contributed by atoms with Crippen LogP contribution in [-0.4, -0.2) is 6.21 Å². The first-order valence-electron chi connectivity index (χ1n) is 4.02. The Balaban J connectivity index is 0.00000144. The summed E-state index contributed by atoms with van der Waals surface area (Å²) in [6, 6.07) is 11.0. The van der Waals surface area contributed by atoms with E-state index < -0.39 is 0 Å². The topological polar surface area (TPSA) is 12.4 Å². The molecule has 13 heavy (non-hydrogen) atoms. The number of nitrogens with zero attached hydrogens (tertiary/aromatic N) is 1. The minimum Gasteiger partial charge on any atom is -0.496 e. The van der Waals surface area contributed by atoms with E-state index in [2.05, 4.69) is 31.1 Å². The van der Waals surface area contributed by atoms with Crippen molar-refractivity contribution in [2.45, 2.75) is 26.3 Å². The van der Waals surface area contributed by atoms with Crippen molar-refractivity contribution in [1.29, 1.82) is 0 Å². The van der Waals surface area contributed by atoms with E-state index in [0.29, 0.717) is 0 Å². The normalized spacial score (nSPS) is 11.3. The van der Waals surface area contributed by atoms with Gasteiger partial charge >= 0.3 is 0 Å². The molecule has 0 saturated carbocycles. The molecule has 0 aliphatic heterocycles. The van der Waals surface area contributed by atoms with E-state index in [1.165, 1.54) is 0 Å². The maximum Gasteiger partial charge on any atom is 0.0203 e. The van der Waals surface area contributed by atoms with Crippen molar-refractivity contribution in [2.24, 2.45) is 4.99 Å². The smallest absolute Gasteiger partial charge is 0.0203 e. The molecule has 0 amide bonds. The zero-order valence-electron chi connectivity index (χ0n) is 8.33. The monoisotopic (exact) mass is 248 g/mol. The van der Waals surface area contributed by atoms with E-state index in [1.54, 1.807) is 0 Å². The Morgan fingerprint density at radius 3 is 2.54 bits per heavy atom. The Morgan fingerprint density at radius 2 is 2.08 bits per heavy atom. The fraction of sp³-hybridized carbons (Fsp3) is 0.364. The van der Waals surface area contributed by atoms with Crippen LogP contribution >= 0.6 is 0 Å². The van der Waals surface area contributed by atoms with Crippen LogP contribution in [0.2, 0.25) is 0 Å². The predicted molar refractivity (Wildman–Crippen MR) is 51.4 cm³/mol. The number of benzene rings is 1. The number of hydrogen-bond donors (Lipinski definition) is 0. The van der Waals surface area contributed by atoms with E-state index in [0.717, 1.165) is 5.56 Å². The first-order chi connectivity index (χ1) is 5.67. The molecule has 0 atom stereocenters. The second-order valence-electron chi connectivity index (χ2n) is 3.17. The van der Waals surface area contributed by atoms with Gasteiger partial charge in [0.2, 0.25) is 0 Å². The molecule has 0 aliphatic rings. The fourth-order valence-corrected chi connectivity index (χ4v) is 1.11. The molecule has 1 radical (unpaired) electrons. The van der Waals surface area contributed by atoms with Crippen LogP contribution in [0.3, 0.4) is 0 Å². The summed E-state index contributed by atoms with van der Waals surface area (Å²) in [6.07, 6.45) is 2.81. The largest absolute Gasteiger partial charge is 0.496 e. The van der Waals surface area contributed by atoms with Crippen LogP contribution in [0.1, 0.15) is 26.3 Å². The van der Waals surface area contributed by atoms with Gasteiger partial charge in [0.25, 0.3) is 0 Å². The summed E-state index contributed by atoms with van der Waals surface area (Å²) >= 11 is 0. The van der Waals surface area contributed by atoms with Crippen LogP contribution in [0.25, 0.3) is 0 Å². The SMILES string of the molecule is C[C-]=NC(C)(C)c1[c-]cccc1.[Y]. The second kappa shape index (κ2) is 5.67. The maximum absolute atomic E-state index is 4.25. The molecule has 0 heterocycles. The van der Waals surface area contributed by atoms with Crippen molar-refractivity contribution in [3.63, 3.8) is 0 Å². The Morgan fingerprint density at radius 1 is 1.38 bits per heavy atom. The number of hydrogen-bond acceptors (Lipinski definition) is 1. The van der Waals surface area contributed by atoms with Crippen molar-refractivity contribution in [2.75, 3.05) is 0 Å². The molecule has 0 N–H and O–H groups in total. The Labute approximate surface area is 106 Å². The van der Waals surface area contributed by atoms with Gasteiger partial charge in [0.1, 0.15) is 0 Å². The molecule has 0 fully saturated rings. The minimum atomic E-state index is -0.198. The average molecular weight is 248 g/mol. The van der Waals surface area contributed by atoms with Gasteiger partial charge in [0.15, 0.2) is 0 Å². The van der Waals surface area contributed by atoms with Gasteiger partial charge in [-0.15, -0.1) is 5.56 Å². The fourth-order valence-electron chi connectivity index (χ4n) is 1.11. The van der Waals surface area contributed by atoms with Crippen molar-refractivity contribution in [3.05, 3.63) is 35.9 Å². The minimum absolute atomic E-state index is 0. The first kappa shape index (κ1) is 13.0. The van der Waals surface area contributed by atoms with Crippen LogP contribution in [0.15, 0.2) is 29.3 Å². The van der Waals surface area contributed by atoms with Gasteiger partial charge in [-0.3, -0.25) is 0 Å². The van der Waals surface area contributed by atoms with Crippen LogP contribution in [0.5, 0.6) is 0 Å².